The second-order valence-corrected chi connectivity index (χ2v) is 6.82. The maximum absolute atomic E-state index is 12.3. The Morgan fingerprint density at radius 1 is 1.16 bits per heavy atom. The first kappa shape index (κ1) is 19.3. The molecule has 2 amide bonds. The van der Waals surface area contributed by atoms with Gasteiger partial charge in [0.25, 0.3) is 5.91 Å². The van der Waals surface area contributed by atoms with Crippen LogP contribution in [0.4, 0.5) is 11.4 Å². The largest absolute Gasteiger partial charge is 0.480 e. The average Bonchev–Trinajstić information content (AvgIpc) is 2.52. The van der Waals surface area contributed by atoms with Crippen LogP contribution in [0.3, 0.4) is 0 Å². The van der Waals surface area contributed by atoms with E-state index in [2.05, 4.69) is 26.6 Å². The minimum atomic E-state index is -0.718. The van der Waals surface area contributed by atoms with Crippen molar-refractivity contribution >= 4 is 50.7 Å². The van der Waals surface area contributed by atoms with Crippen LogP contribution in [0.5, 0.6) is 5.75 Å². The zero-order valence-corrected chi connectivity index (χ0v) is 16.4. The zero-order chi connectivity index (χ0) is 18.6. The van der Waals surface area contributed by atoms with Gasteiger partial charge in [0, 0.05) is 12.6 Å². The van der Waals surface area contributed by atoms with Gasteiger partial charge in [0.1, 0.15) is 5.75 Å². The topological polar surface area (TPSA) is 67.4 Å². The fraction of sp³-hybridized carbons (Fsp3) is 0.222. The smallest absolute Gasteiger partial charge is 0.265 e. The molecule has 2 rings (SSSR count). The molecular weight excluding hydrogens is 408 g/mol. The van der Waals surface area contributed by atoms with Crippen molar-refractivity contribution in [3.05, 3.63) is 51.5 Å². The van der Waals surface area contributed by atoms with Crippen LogP contribution in [0.15, 0.2) is 40.9 Å². The van der Waals surface area contributed by atoms with E-state index in [1.807, 2.05) is 19.1 Å². The number of hydrogen-bond acceptors (Lipinski definition) is 3. The minimum Gasteiger partial charge on any atom is -0.480 e. The third-order valence-electron chi connectivity index (χ3n) is 3.31. The van der Waals surface area contributed by atoms with Gasteiger partial charge in [-0.2, -0.15) is 0 Å². The Morgan fingerprint density at radius 2 is 1.88 bits per heavy atom. The summed E-state index contributed by atoms with van der Waals surface area (Å²) < 4.78 is 6.47. The Morgan fingerprint density at radius 3 is 2.48 bits per heavy atom. The molecule has 0 spiro atoms. The second kappa shape index (κ2) is 8.36. The second-order valence-electron chi connectivity index (χ2n) is 5.56. The monoisotopic (exact) mass is 424 g/mol. The van der Waals surface area contributed by atoms with E-state index in [-0.39, 0.29) is 11.8 Å². The number of carbonyl (C=O) groups excluding carboxylic acids is 2. The van der Waals surface area contributed by atoms with Gasteiger partial charge in [-0.25, -0.2) is 0 Å². The van der Waals surface area contributed by atoms with Crippen LogP contribution in [0.25, 0.3) is 0 Å². The summed E-state index contributed by atoms with van der Waals surface area (Å²) in [6.45, 7) is 5.03. The quantitative estimate of drug-likeness (QED) is 0.725. The molecule has 0 fully saturated rings. The maximum Gasteiger partial charge on any atom is 0.265 e. The number of nitrogens with one attached hydrogen (secondary N) is 2. The first-order valence-corrected chi connectivity index (χ1v) is 8.74. The maximum atomic E-state index is 12.3. The van der Waals surface area contributed by atoms with Gasteiger partial charge in [-0.1, -0.05) is 17.7 Å². The Kier molecular flexibility index (Phi) is 6.45. The van der Waals surface area contributed by atoms with Crippen molar-refractivity contribution in [2.45, 2.75) is 26.9 Å². The van der Waals surface area contributed by atoms with Gasteiger partial charge in [0.05, 0.1) is 15.2 Å². The van der Waals surface area contributed by atoms with E-state index in [1.165, 1.54) is 6.92 Å². The van der Waals surface area contributed by atoms with Gasteiger partial charge in [-0.05, 0) is 65.7 Å². The highest BCUT2D eigenvalue weighted by molar-refractivity contribution is 9.10. The predicted octanol–water partition coefficient (Wildman–Crippen LogP) is 4.78. The molecule has 2 N–H and O–H groups in total. The number of benzene rings is 2. The molecule has 0 bridgehead atoms. The standard InChI is InChI=1S/C18H18BrClN2O3/c1-10-4-7-17(14(19)8-10)25-11(2)18(24)22-16-6-5-13(9-15(16)20)21-12(3)23/h4-9,11H,1-3H3,(H,21,23)(H,22,24). The number of aryl methyl sites for hydroxylation is 1. The van der Waals surface area contributed by atoms with Crippen molar-refractivity contribution in [3.8, 4) is 5.75 Å². The molecule has 5 nitrogen and oxygen atoms in total. The third-order valence-corrected chi connectivity index (χ3v) is 4.24. The first-order chi connectivity index (χ1) is 11.8. The van der Waals surface area contributed by atoms with E-state index < -0.39 is 6.10 Å². The summed E-state index contributed by atoms with van der Waals surface area (Å²) in [5, 5.41) is 5.67. The highest BCUT2D eigenvalue weighted by Gasteiger charge is 2.17. The molecule has 1 unspecified atom stereocenters. The van der Waals surface area contributed by atoms with E-state index in [1.54, 1.807) is 31.2 Å². The summed E-state index contributed by atoms with van der Waals surface area (Å²) in [7, 11) is 0. The van der Waals surface area contributed by atoms with Crippen molar-refractivity contribution in [1.29, 1.82) is 0 Å². The van der Waals surface area contributed by atoms with Crippen LogP contribution < -0.4 is 15.4 Å². The number of anilines is 2. The van der Waals surface area contributed by atoms with Crippen molar-refractivity contribution < 1.29 is 14.3 Å². The molecule has 0 aliphatic heterocycles. The fourth-order valence-corrected chi connectivity index (χ4v) is 2.89. The molecular formula is C18H18BrClN2O3. The van der Waals surface area contributed by atoms with Crippen LogP contribution in [0.1, 0.15) is 19.4 Å². The predicted molar refractivity (Wildman–Crippen MR) is 103 cm³/mol. The molecule has 132 valence electrons. The van der Waals surface area contributed by atoms with Gasteiger partial charge < -0.3 is 15.4 Å². The van der Waals surface area contributed by atoms with Crippen molar-refractivity contribution in [2.75, 3.05) is 10.6 Å². The van der Waals surface area contributed by atoms with E-state index in [4.69, 9.17) is 16.3 Å². The molecule has 0 heterocycles. The molecule has 0 radical (unpaired) electrons. The summed E-state index contributed by atoms with van der Waals surface area (Å²) in [5.41, 5.74) is 2.09. The number of hydrogen-bond donors (Lipinski definition) is 2. The number of ether oxygens (including phenoxy) is 1. The normalized spacial score (nSPS) is 11.6. The number of carbonyl (C=O) groups is 2. The van der Waals surface area contributed by atoms with Crippen molar-refractivity contribution in [2.24, 2.45) is 0 Å². The van der Waals surface area contributed by atoms with Crippen LogP contribution in [-0.4, -0.2) is 17.9 Å². The number of halogens is 2. The lowest BCUT2D eigenvalue weighted by molar-refractivity contribution is -0.122. The fourth-order valence-electron chi connectivity index (χ4n) is 2.08. The van der Waals surface area contributed by atoms with Crippen LogP contribution >= 0.6 is 27.5 Å². The highest BCUT2D eigenvalue weighted by atomic mass is 79.9. The lowest BCUT2D eigenvalue weighted by Crippen LogP contribution is -2.30. The summed E-state index contributed by atoms with van der Waals surface area (Å²) in [4.78, 5) is 23.4. The molecule has 2 aromatic rings. The van der Waals surface area contributed by atoms with Crippen molar-refractivity contribution in [3.63, 3.8) is 0 Å². The molecule has 0 aromatic heterocycles. The van der Waals surface area contributed by atoms with Crippen LogP contribution in [0, 0.1) is 6.92 Å². The average molecular weight is 426 g/mol. The summed E-state index contributed by atoms with van der Waals surface area (Å²) in [5.74, 6) is 0.0561. The third kappa shape index (κ3) is 5.47. The summed E-state index contributed by atoms with van der Waals surface area (Å²) in [6, 6.07) is 10.5. The summed E-state index contributed by atoms with van der Waals surface area (Å²) in [6.07, 6.45) is -0.718. The molecule has 0 saturated carbocycles. The van der Waals surface area contributed by atoms with Crippen LogP contribution in [0.2, 0.25) is 5.02 Å². The molecule has 2 aromatic carbocycles. The Balaban J connectivity index is 2.04. The van der Waals surface area contributed by atoms with E-state index in [0.29, 0.717) is 22.1 Å². The molecule has 0 saturated heterocycles. The first-order valence-electron chi connectivity index (χ1n) is 7.57. The van der Waals surface area contributed by atoms with Gasteiger partial charge in [-0.3, -0.25) is 9.59 Å². The minimum absolute atomic E-state index is 0.196. The summed E-state index contributed by atoms with van der Waals surface area (Å²) >= 11 is 9.57. The van der Waals surface area contributed by atoms with Crippen molar-refractivity contribution in [1.82, 2.24) is 0 Å². The van der Waals surface area contributed by atoms with E-state index in [0.717, 1.165) is 10.0 Å². The molecule has 0 aliphatic rings. The molecule has 1 atom stereocenters. The number of rotatable bonds is 5. The molecule has 7 heteroatoms. The SMILES string of the molecule is CC(=O)Nc1ccc(NC(=O)C(C)Oc2ccc(C)cc2Br)c(Cl)c1. The lowest BCUT2D eigenvalue weighted by atomic mass is 10.2. The Bertz CT molecular complexity index is 811. The Hall–Kier alpha value is -2.05. The number of amides is 2. The van der Waals surface area contributed by atoms with Gasteiger partial charge in [0.15, 0.2) is 6.10 Å². The molecule has 25 heavy (non-hydrogen) atoms. The lowest BCUT2D eigenvalue weighted by Gasteiger charge is -2.17. The van der Waals surface area contributed by atoms with Gasteiger partial charge in [0.2, 0.25) is 5.91 Å². The van der Waals surface area contributed by atoms with Gasteiger partial charge >= 0.3 is 0 Å². The highest BCUT2D eigenvalue weighted by Crippen LogP contribution is 2.28. The van der Waals surface area contributed by atoms with Crippen LogP contribution in [-0.2, 0) is 9.59 Å². The van der Waals surface area contributed by atoms with Gasteiger partial charge in [-0.15, -0.1) is 0 Å². The molecule has 0 aliphatic carbocycles. The van der Waals surface area contributed by atoms with E-state index >= 15 is 0 Å². The van der Waals surface area contributed by atoms with E-state index in [9.17, 15) is 9.59 Å². The Labute approximate surface area is 159 Å². The zero-order valence-electron chi connectivity index (χ0n) is 14.0.